The highest BCUT2D eigenvalue weighted by Gasteiger charge is 2.29. The Morgan fingerprint density at radius 2 is 1.98 bits per heavy atom. The van der Waals surface area contributed by atoms with Gasteiger partial charge in [0.15, 0.2) is 0 Å². The first-order valence-electron chi connectivity index (χ1n) is 14.9. The molecule has 0 spiro atoms. The molecular formula is C33H36N6O4. The van der Waals surface area contributed by atoms with Crippen LogP contribution in [0.5, 0.6) is 17.4 Å². The van der Waals surface area contributed by atoms with Crippen molar-refractivity contribution in [2.24, 2.45) is 0 Å². The molecule has 1 atom stereocenters. The lowest BCUT2D eigenvalue weighted by molar-refractivity contribution is 0.0384. The smallest absolute Gasteiger partial charge is 0.249 e. The van der Waals surface area contributed by atoms with Crippen LogP contribution in [0.15, 0.2) is 71.9 Å². The normalized spacial score (nSPS) is 18.8. The first-order chi connectivity index (χ1) is 21.1. The van der Waals surface area contributed by atoms with Gasteiger partial charge in [-0.05, 0) is 42.7 Å². The van der Waals surface area contributed by atoms with Gasteiger partial charge in [0.1, 0.15) is 17.6 Å². The molecule has 2 aromatic heterocycles. The fourth-order valence-corrected chi connectivity index (χ4v) is 6.31. The molecule has 2 fully saturated rings. The fraction of sp³-hybridized carbons (Fsp3) is 0.364. The Kier molecular flexibility index (Phi) is 7.69. The summed E-state index contributed by atoms with van der Waals surface area (Å²) in [6.07, 6.45) is 7.92. The lowest BCUT2D eigenvalue weighted by Crippen LogP contribution is -2.39. The summed E-state index contributed by atoms with van der Waals surface area (Å²) in [5, 5.41) is 3.76. The van der Waals surface area contributed by atoms with Crippen molar-refractivity contribution < 1.29 is 14.2 Å². The number of anilines is 2. The number of fused-ring (bicyclic) bond motifs is 2. The number of ether oxygens (including phenoxy) is 3. The average Bonchev–Trinajstić information content (AvgIpc) is 3.04. The van der Waals surface area contributed by atoms with Crippen LogP contribution in [0.2, 0.25) is 0 Å². The molecule has 2 aromatic carbocycles. The van der Waals surface area contributed by atoms with Gasteiger partial charge in [-0.25, -0.2) is 4.98 Å². The first-order valence-corrected chi connectivity index (χ1v) is 14.9. The summed E-state index contributed by atoms with van der Waals surface area (Å²) in [7, 11) is 1.62. The monoisotopic (exact) mass is 580 g/mol. The van der Waals surface area contributed by atoms with Crippen LogP contribution in [-0.4, -0.2) is 65.8 Å². The van der Waals surface area contributed by atoms with Crippen LogP contribution in [0.25, 0.3) is 0 Å². The second-order valence-electron chi connectivity index (χ2n) is 11.4. The Labute approximate surface area is 250 Å². The number of rotatable bonds is 7. The Morgan fingerprint density at radius 3 is 2.84 bits per heavy atom. The molecule has 2 N–H and O–H groups in total. The number of likely N-dealkylation sites (tertiary alicyclic amines) is 1. The highest BCUT2D eigenvalue weighted by molar-refractivity contribution is 5.59. The standard InChI is InChI=1S/C33H36N6O4/c1-41-32-19-34-18-26(37-32)20-38-11-8-24(9-12-38)36-25-5-6-29-23(16-25)15-22-3-2-4-28(33(22)43-29)30-21-39(13-14-42-30)27-7-10-35-31(40)17-27/h2-7,10,16-19,24,30,36H,8-9,11-15,20-21H2,1H3,(H,35,40). The van der Waals surface area contributed by atoms with Crippen LogP contribution < -0.4 is 25.2 Å². The van der Waals surface area contributed by atoms with Crippen LogP contribution in [0, 0.1) is 0 Å². The number of benzene rings is 2. The van der Waals surface area contributed by atoms with E-state index in [0.29, 0.717) is 25.1 Å². The third-order valence-electron chi connectivity index (χ3n) is 8.53. The predicted octanol–water partition coefficient (Wildman–Crippen LogP) is 4.52. The number of H-pyrrole nitrogens is 1. The third kappa shape index (κ3) is 6.07. The van der Waals surface area contributed by atoms with Gasteiger partial charge in [0.05, 0.1) is 25.6 Å². The minimum atomic E-state index is -0.146. The van der Waals surface area contributed by atoms with E-state index in [-0.39, 0.29) is 11.7 Å². The maximum Gasteiger partial charge on any atom is 0.249 e. The number of methoxy groups -OCH3 is 1. The number of hydrogen-bond donors (Lipinski definition) is 2. The number of aromatic nitrogens is 3. The lowest BCUT2D eigenvalue weighted by atomic mass is 9.95. The van der Waals surface area contributed by atoms with Gasteiger partial charge in [-0.1, -0.05) is 18.2 Å². The summed E-state index contributed by atoms with van der Waals surface area (Å²) in [6, 6.07) is 16.8. The maximum absolute atomic E-state index is 11.9. The van der Waals surface area contributed by atoms with E-state index in [9.17, 15) is 4.79 Å². The molecule has 0 bridgehead atoms. The van der Waals surface area contributed by atoms with Gasteiger partial charge in [0.2, 0.25) is 11.4 Å². The highest BCUT2D eigenvalue weighted by atomic mass is 16.5. The van der Waals surface area contributed by atoms with Gasteiger partial charge in [0.25, 0.3) is 0 Å². The van der Waals surface area contributed by atoms with Gasteiger partial charge in [-0.15, -0.1) is 0 Å². The van der Waals surface area contributed by atoms with E-state index in [1.807, 2.05) is 12.3 Å². The van der Waals surface area contributed by atoms with E-state index >= 15 is 0 Å². The van der Waals surface area contributed by atoms with Crippen LogP contribution in [-0.2, 0) is 17.7 Å². The van der Waals surface area contributed by atoms with Crippen molar-refractivity contribution in [3.8, 4) is 17.4 Å². The zero-order chi connectivity index (χ0) is 29.2. The molecule has 43 heavy (non-hydrogen) atoms. The number of para-hydroxylation sites is 1. The largest absolute Gasteiger partial charge is 0.480 e. The van der Waals surface area contributed by atoms with Crippen molar-refractivity contribution >= 4 is 11.4 Å². The summed E-state index contributed by atoms with van der Waals surface area (Å²) in [4.78, 5) is 27.9. The molecule has 5 heterocycles. The molecule has 1 unspecified atom stereocenters. The van der Waals surface area contributed by atoms with Crippen LogP contribution in [0.1, 0.15) is 41.3 Å². The summed E-state index contributed by atoms with van der Waals surface area (Å²) in [6.45, 7) is 4.77. The number of aromatic amines is 1. The van der Waals surface area contributed by atoms with Gasteiger partial charge >= 0.3 is 0 Å². The molecular weight excluding hydrogens is 544 g/mol. The summed E-state index contributed by atoms with van der Waals surface area (Å²) >= 11 is 0. The van der Waals surface area contributed by atoms with Gasteiger partial charge in [-0.2, -0.15) is 0 Å². The van der Waals surface area contributed by atoms with Gasteiger partial charge in [-0.3, -0.25) is 14.7 Å². The van der Waals surface area contributed by atoms with E-state index in [0.717, 1.165) is 85.1 Å². The van der Waals surface area contributed by atoms with Crippen LogP contribution >= 0.6 is 0 Å². The molecule has 222 valence electrons. The number of hydrogen-bond acceptors (Lipinski definition) is 9. The SMILES string of the molecule is COc1cncc(CN2CCC(Nc3ccc4c(c3)Cc3cccc(C5CN(c6cc[nH]c(=O)c6)CCO5)c3O4)CC2)n1. The average molecular weight is 581 g/mol. The number of nitrogens with one attached hydrogen (secondary N) is 2. The molecule has 10 nitrogen and oxygen atoms in total. The molecule has 0 saturated carbocycles. The lowest BCUT2D eigenvalue weighted by Gasteiger charge is -2.36. The fourth-order valence-electron chi connectivity index (χ4n) is 6.31. The summed E-state index contributed by atoms with van der Waals surface area (Å²) in [5.74, 6) is 2.34. The van der Waals surface area contributed by atoms with Crippen LogP contribution in [0.4, 0.5) is 11.4 Å². The van der Waals surface area contributed by atoms with Crippen LogP contribution in [0.3, 0.4) is 0 Å². The number of pyridine rings is 1. The van der Waals surface area contributed by atoms with E-state index in [2.05, 4.69) is 66.5 Å². The molecule has 0 amide bonds. The van der Waals surface area contributed by atoms with E-state index in [1.165, 1.54) is 5.56 Å². The van der Waals surface area contributed by atoms with Crippen molar-refractivity contribution in [3.63, 3.8) is 0 Å². The number of morpholine rings is 1. The number of nitrogens with zero attached hydrogens (tertiary/aromatic N) is 4. The van der Waals surface area contributed by atoms with Crippen molar-refractivity contribution in [2.45, 2.75) is 38.0 Å². The minimum absolute atomic E-state index is 0.100. The second-order valence-corrected chi connectivity index (χ2v) is 11.4. The molecule has 3 aliphatic rings. The summed E-state index contributed by atoms with van der Waals surface area (Å²) < 4.78 is 18.0. The first kappa shape index (κ1) is 27.4. The minimum Gasteiger partial charge on any atom is -0.480 e. The molecule has 10 heteroatoms. The molecule has 4 aromatic rings. The predicted molar refractivity (Wildman–Crippen MR) is 164 cm³/mol. The Hall–Kier alpha value is -4.41. The quantitative estimate of drug-likeness (QED) is 0.287. The topological polar surface area (TPSA) is 105 Å². The zero-order valence-electron chi connectivity index (χ0n) is 24.3. The van der Waals surface area contributed by atoms with E-state index in [4.69, 9.17) is 14.2 Å². The van der Waals surface area contributed by atoms with Gasteiger partial charge < -0.3 is 29.4 Å². The molecule has 0 aliphatic carbocycles. The second kappa shape index (κ2) is 12.1. The van der Waals surface area contributed by atoms with Crippen molar-refractivity contribution in [2.75, 3.05) is 50.1 Å². The Bertz CT molecular complexity index is 1650. The summed E-state index contributed by atoms with van der Waals surface area (Å²) in [5.41, 5.74) is 6.26. The van der Waals surface area contributed by atoms with E-state index < -0.39 is 0 Å². The Morgan fingerprint density at radius 1 is 1.07 bits per heavy atom. The molecule has 0 radical (unpaired) electrons. The molecule has 2 saturated heterocycles. The Balaban J connectivity index is 0.990. The van der Waals surface area contributed by atoms with Crippen molar-refractivity contribution in [1.82, 2.24) is 19.9 Å². The maximum atomic E-state index is 11.9. The molecule has 7 rings (SSSR count). The highest BCUT2D eigenvalue weighted by Crippen LogP contribution is 2.43. The zero-order valence-corrected chi connectivity index (χ0v) is 24.3. The van der Waals surface area contributed by atoms with Gasteiger partial charge in [0, 0.05) is 86.1 Å². The van der Waals surface area contributed by atoms with Crippen molar-refractivity contribution in [3.05, 3.63) is 99.9 Å². The van der Waals surface area contributed by atoms with Crippen molar-refractivity contribution in [1.29, 1.82) is 0 Å². The number of piperidine rings is 1. The molecule has 3 aliphatic heterocycles. The third-order valence-corrected chi connectivity index (χ3v) is 8.53. The van der Waals surface area contributed by atoms with E-state index in [1.54, 1.807) is 25.6 Å².